The zero-order valence-electron chi connectivity index (χ0n) is 12.7. The molecule has 0 saturated heterocycles. The van der Waals surface area contributed by atoms with Crippen LogP contribution >= 0.6 is 0 Å². The standard InChI is InChI=1S/C19H24N2/c1-16-6-2-3-8-19(16)14-18-11-9-17(10-12-18)7-4-5-13-21-15-20/h2-3,6,8-12,15H,4-5,7,13-14H2,1H3,(H2,20,21). The molecule has 0 unspecified atom stereocenters. The van der Waals surface area contributed by atoms with Crippen LogP contribution < -0.4 is 5.32 Å². The third-order valence-electron chi connectivity index (χ3n) is 3.82. The van der Waals surface area contributed by atoms with Gasteiger partial charge in [0.1, 0.15) is 0 Å². The van der Waals surface area contributed by atoms with Gasteiger partial charge in [-0.25, -0.2) is 0 Å². The van der Waals surface area contributed by atoms with Gasteiger partial charge in [-0.3, -0.25) is 5.41 Å². The molecule has 2 N–H and O–H groups in total. The van der Waals surface area contributed by atoms with E-state index in [0.29, 0.717) is 0 Å². The van der Waals surface area contributed by atoms with Crippen LogP contribution in [0.5, 0.6) is 0 Å². The minimum Gasteiger partial charge on any atom is -0.377 e. The van der Waals surface area contributed by atoms with Gasteiger partial charge in [0.05, 0.1) is 6.34 Å². The summed E-state index contributed by atoms with van der Waals surface area (Å²) in [6, 6.07) is 17.6. The molecule has 2 nitrogen and oxygen atoms in total. The highest BCUT2D eigenvalue weighted by Crippen LogP contribution is 2.15. The Kier molecular flexibility index (Phi) is 6.01. The summed E-state index contributed by atoms with van der Waals surface area (Å²) < 4.78 is 0. The van der Waals surface area contributed by atoms with E-state index < -0.39 is 0 Å². The molecule has 0 aliphatic carbocycles. The van der Waals surface area contributed by atoms with Crippen molar-refractivity contribution in [3.63, 3.8) is 0 Å². The maximum Gasteiger partial charge on any atom is 0.0791 e. The predicted octanol–water partition coefficient (Wildman–Crippen LogP) is 4.11. The van der Waals surface area contributed by atoms with Crippen LogP contribution in [0.3, 0.4) is 0 Å². The molecule has 0 fully saturated rings. The maximum atomic E-state index is 6.90. The van der Waals surface area contributed by atoms with E-state index in [1.807, 2.05) is 0 Å². The van der Waals surface area contributed by atoms with Crippen LogP contribution in [0.2, 0.25) is 0 Å². The Balaban J connectivity index is 1.84. The van der Waals surface area contributed by atoms with Crippen molar-refractivity contribution in [2.45, 2.75) is 32.6 Å². The smallest absolute Gasteiger partial charge is 0.0791 e. The average Bonchev–Trinajstić information content (AvgIpc) is 2.51. The predicted molar refractivity (Wildman–Crippen MR) is 90.2 cm³/mol. The van der Waals surface area contributed by atoms with Crippen LogP contribution in [0.4, 0.5) is 0 Å². The fourth-order valence-corrected chi connectivity index (χ4v) is 2.48. The fourth-order valence-electron chi connectivity index (χ4n) is 2.48. The fraction of sp³-hybridized carbons (Fsp3) is 0.316. The van der Waals surface area contributed by atoms with Gasteiger partial charge < -0.3 is 5.32 Å². The van der Waals surface area contributed by atoms with E-state index in [2.05, 4.69) is 60.8 Å². The van der Waals surface area contributed by atoms with E-state index in [9.17, 15) is 0 Å². The van der Waals surface area contributed by atoms with Crippen molar-refractivity contribution in [2.75, 3.05) is 6.54 Å². The molecule has 21 heavy (non-hydrogen) atoms. The summed E-state index contributed by atoms with van der Waals surface area (Å²) in [5.74, 6) is 0. The van der Waals surface area contributed by atoms with Crippen molar-refractivity contribution in [3.05, 3.63) is 70.8 Å². The Hall–Kier alpha value is -2.09. The summed E-state index contributed by atoms with van der Waals surface area (Å²) in [4.78, 5) is 0. The summed E-state index contributed by atoms with van der Waals surface area (Å²) in [6.45, 7) is 3.07. The van der Waals surface area contributed by atoms with E-state index in [1.54, 1.807) is 0 Å². The lowest BCUT2D eigenvalue weighted by molar-refractivity contribution is 0.712. The summed E-state index contributed by atoms with van der Waals surface area (Å²) >= 11 is 0. The molecule has 0 heterocycles. The van der Waals surface area contributed by atoms with Crippen LogP contribution in [-0.2, 0) is 12.8 Å². The van der Waals surface area contributed by atoms with Gasteiger partial charge in [0.25, 0.3) is 0 Å². The second-order valence-corrected chi connectivity index (χ2v) is 5.48. The lowest BCUT2D eigenvalue weighted by Crippen LogP contribution is -2.11. The normalized spacial score (nSPS) is 10.3. The van der Waals surface area contributed by atoms with Gasteiger partial charge in [0, 0.05) is 6.54 Å². The zero-order chi connectivity index (χ0) is 14.9. The largest absolute Gasteiger partial charge is 0.377 e. The molecular weight excluding hydrogens is 256 g/mol. The van der Waals surface area contributed by atoms with Crippen LogP contribution in [0.25, 0.3) is 0 Å². The molecule has 2 rings (SSSR count). The monoisotopic (exact) mass is 280 g/mol. The first kappa shape index (κ1) is 15.3. The highest BCUT2D eigenvalue weighted by molar-refractivity contribution is 5.49. The number of benzene rings is 2. The molecule has 0 amide bonds. The molecule has 0 radical (unpaired) electrons. The summed E-state index contributed by atoms with van der Waals surface area (Å²) in [5.41, 5.74) is 5.54. The Morgan fingerprint density at radius 3 is 2.38 bits per heavy atom. The topological polar surface area (TPSA) is 35.9 Å². The molecule has 0 aliphatic rings. The lowest BCUT2D eigenvalue weighted by Gasteiger charge is -2.07. The SMILES string of the molecule is Cc1ccccc1Cc1ccc(CCCCNC=N)cc1. The summed E-state index contributed by atoms with van der Waals surface area (Å²) in [6.07, 6.45) is 5.67. The third kappa shape index (κ3) is 5.07. The van der Waals surface area contributed by atoms with E-state index in [0.717, 1.165) is 32.2 Å². The van der Waals surface area contributed by atoms with E-state index >= 15 is 0 Å². The van der Waals surface area contributed by atoms with E-state index in [1.165, 1.54) is 28.6 Å². The number of hydrogen-bond donors (Lipinski definition) is 2. The van der Waals surface area contributed by atoms with Gasteiger partial charge in [-0.15, -0.1) is 0 Å². The lowest BCUT2D eigenvalue weighted by atomic mass is 9.99. The van der Waals surface area contributed by atoms with Gasteiger partial charge in [-0.1, -0.05) is 48.5 Å². The number of aryl methyl sites for hydroxylation is 2. The quantitative estimate of drug-likeness (QED) is 0.426. The van der Waals surface area contributed by atoms with Gasteiger partial charge in [-0.2, -0.15) is 0 Å². The molecule has 0 saturated carbocycles. The third-order valence-corrected chi connectivity index (χ3v) is 3.82. The van der Waals surface area contributed by atoms with Crippen LogP contribution in [0, 0.1) is 12.3 Å². The van der Waals surface area contributed by atoms with Crippen molar-refractivity contribution < 1.29 is 0 Å². The Morgan fingerprint density at radius 2 is 1.67 bits per heavy atom. The zero-order valence-corrected chi connectivity index (χ0v) is 12.7. The van der Waals surface area contributed by atoms with Crippen LogP contribution in [-0.4, -0.2) is 12.9 Å². The highest BCUT2D eigenvalue weighted by Gasteiger charge is 2.00. The second kappa shape index (κ2) is 8.25. The molecule has 0 atom stereocenters. The number of unbranched alkanes of at least 4 members (excludes halogenated alkanes) is 1. The molecule has 0 aromatic heterocycles. The Bertz CT molecular complexity index is 558. The molecule has 2 aromatic carbocycles. The van der Waals surface area contributed by atoms with Gasteiger partial charge in [0.2, 0.25) is 0 Å². The van der Waals surface area contributed by atoms with E-state index in [-0.39, 0.29) is 0 Å². The Morgan fingerprint density at radius 1 is 0.952 bits per heavy atom. The molecule has 0 bridgehead atoms. The Labute approximate surface area is 127 Å². The number of rotatable bonds is 8. The van der Waals surface area contributed by atoms with Crippen molar-refractivity contribution in [2.24, 2.45) is 0 Å². The number of nitrogens with one attached hydrogen (secondary N) is 2. The maximum absolute atomic E-state index is 6.90. The van der Waals surface area contributed by atoms with Crippen molar-refractivity contribution in [3.8, 4) is 0 Å². The van der Waals surface area contributed by atoms with Crippen molar-refractivity contribution in [1.29, 1.82) is 5.41 Å². The molecule has 2 heteroatoms. The number of hydrogen-bond acceptors (Lipinski definition) is 1. The molecule has 2 aromatic rings. The molecule has 0 aliphatic heterocycles. The minimum absolute atomic E-state index is 0.898. The highest BCUT2D eigenvalue weighted by atomic mass is 14.9. The first-order valence-electron chi connectivity index (χ1n) is 7.64. The van der Waals surface area contributed by atoms with Crippen molar-refractivity contribution >= 4 is 6.34 Å². The first-order valence-corrected chi connectivity index (χ1v) is 7.64. The van der Waals surface area contributed by atoms with Crippen LogP contribution in [0.1, 0.15) is 35.1 Å². The van der Waals surface area contributed by atoms with Gasteiger partial charge in [0.15, 0.2) is 0 Å². The second-order valence-electron chi connectivity index (χ2n) is 5.48. The first-order chi connectivity index (χ1) is 10.3. The minimum atomic E-state index is 0.898. The van der Waals surface area contributed by atoms with Crippen LogP contribution in [0.15, 0.2) is 48.5 Å². The average molecular weight is 280 g/mol. The van der Waals surface area contributed by atoms with Crippen molar-refractivity contribution in [1.82, 2.24) is 5.32 Å². The summed E-state index contributed by atoms with van der Waals surface area (Å²) in [5, 5.41) is 9.81. The summed E-state index contributed by atoms with van der Waals surface area (Å²) in [7, 11) is 0. The molecular formula is C19H24N2. The molecule has 0 spiro atoms. The van der Waals surface area contributed by atoms with Gasteiger partial charge in [-0.05, 0) is 54.9 Å². The van der Waals surface area contributed by atoms with E-state index in [4.69, 9.17) is 5.41 Å². The molecule has 110 valence electrons. The van der Waals surface area contributed by atoms with Gasteiger partial charge >= 0.3 is 0 Å².